The van der Waals surface area contributed by atoms with Gasteiger partial charge >= 0.3 is 0 Å². The Hall–Kier alpha value is -1.29. The fourth-order valence-corrected chi connectivity index (χ4v) is 1.73. The van der Waals surface area contributed by atoms with Gasteiger partial charge in [-0.05, 0) is 12.5 Å². The van der Waals surface area contributed by atoms with Gasteiger partial charge in [-0.2, -0.15) is 0 Å². The summed E-state index contributed by atoms with van der Waals surface area (Å²) in [5.74, 6) is 1.01. The highest BCUT2D eigenvalue weighted by molar-refractivity contribution is 5.90. The topological polar surface area (TPSA) is 49.3 Å². The second-order valence-electron chi connectivity index (χ2n) is 4.01. The standard InChI is InChI=1S/C12H18N4.ClH/c1-2-3-4-5-6-12-14-11-9-13-8-7-10(11)15-16-12;/h7-9,15H,2-6H2,1H3,(H,14,16);1H. The number of rotatable bonds is 5. The Balaban J connectivity index is 0.00000144. The lowest BCUT2D eigenvalue weighted by atomic mass is 10.1. The fourth-order valence-electron chi connectivity index (χ4n) is 1.73. The van der Waals surface area contributed by atoms with Crippen molar-refractivity contribution in [3.63, 3.8) is 0 Å². The first-order valence-corrected chi connectivity index (χ1v) is 5.93. The summed E-state index contributed by atoms with van der Waals surface area (Å²) in [6, 6.07) is 1.92. The molecule has 0 aliphatic carbocycles. The molecule has 0 spiro atoms. The summed E-state index contributed by atoms with van der Waals surface area (Å²) in [5.41, 5.74) is 8.17. The number of aromatic nitrogens is 1. The zero-order valence-electron chi connectivity index (χ0n) is 10.1. The van der Waals surface area contributed by atoms with Gasteiger partial charge in [-0.25, -0.2) is 4.99 Å². The van der Waals surface area contributed by atoms with Crippen molar-refractivity contribution in [2.75, 3.05) is 5.43 Å². The van der Waals surface area contributed by atoms with Crippen molar-refractivity contribution in [3.8, 4) is 0 Å². The van der Waals surface area contributed by atoms with E-state index >= 15 is 0 Å². The minimum absolute atomic E-state index is 0. The van der Waals surface area contributed by atoms with Gasteiger partial charge in [-0.15, -0.1) is 12.4 Å². The Morgan fingerprint density at radius 2 is 2.06 bits per heavy atom. The maximum atomic E-state index is 4.52. The summed E-state index contributed by atoms with van der Waals surface area (Å²) in [6.45, 7) is 2.22. The number of nitrogens with one attached hydrogen (secondary N) is 2. The second-order valence-corrected chi connectivity index (χ2v) is 4.01. The van der Waals surface area contributed by atoms with E-state index < -0.39 is 0 Å². The maximum absolute atomic E-state index is 4.52. The quantitative estimate of drug-likeness (QED) is 0.792. The van der Waals surface area contributed by atoms with E-state index in [2.05, 4.69) is 27.8 Å². The van der Waals surface area contributed by atoms with Gasteiger partial charge in [-0.3, -0.25) is 15.8 Å². The first kappa shape index (κ1) is 13.8. The zero-order valence-corrected chi connectivity index (χ0v) is 10.9. The average Bonchev–Trinajstić information content (AvgIpc) is 2.34. The van der Waals surface area contributed by atoms with Crippen molar-refractivity contribution in [3.05, 3.63) is 18.5 Å². The van der Waals surface area contributed by atoms with Crippen LogP contribution in [0.5, 0.6) is 0 Å². The lowest BCUT2D eigenvalue weighted by Crippen LogP contribution is -2.31. The molecule has 17 heavy (non-hydrogen) atoms. The third-order valence-corrected chi connectivity index (χ3v) is 2.66. The zero-order chi connectivity index (χ0) is 11.2. The van der Waals surface area contributed by atoms with Crippen molar-refractivity contribution in [2.24, 2.45) is 4.99 Å². The molecule has 4 nitrogen and oxygen atoms in total. The van der Waals surface area contributed by atoms with Crippen molar-refractivity contribution in [1.82, 2.24) is 10.4 Å². The molecule has 0 fully saturated rings. The lowest BCUT2D eigenvalue weighted by Gasteiger charge is -2.18. The van der Waals surface area contributed by atoms with Gasteiger partial charge in [0.2, 0.25) is 0 Å². The molecular formula is C12H19ClN4. The van der Waals surface area contributed by atoms with E-state index in [0.29, 0.717) is 0 Å². The molecule has 0 aromatic carbocycles. The van der Waals surface area contributed by atoms with Gasteiger partial charge in [0.05, 0.1) is 11.9 Å². The molecule has 0 radical (unpaired) electrons. The molecule has 94 valence electrons. The predicted octanol–water partition coefficient (Wildman–Crippen LogP) is 3.43. The number of aliphatic imine (C=N–C) groups is 1. The van der Waals surface area contributed by atoms with Crippen LogP contribution < -0.4 is 10.9 Å². The number of unbranched alkanes of at least 4 members (excludes halogenated alkanes) is 3. The van der Waals surface area contributed by atoms with Crippen molar-refractivity contribution >= 4 is 29.6 Å². The normalized spacial score (nSPS) is 12.6. The molecule has 1 aromatic rings. The molecule has 2 rings (SSSR count). The Morgan fingerprint density at radius 1 is 1.18 bits per heavy atom. The van der Waals surface area contributed by atoms with Crippen LogP contribution in [0, 0.1) is 0 Å². The minimum Gasteiger partial charge on any atom is -0.298 e. The highest BCUT2D eigenvalue weighted by atomic mass is 35.5. The minimum atomic E-state index is 0. The molecule has 0 saturated heterocycles. The molecule has 1 aliphatic heterocycles. The maximum Gasteiger partial charge on any atom is 0.121 e. The third kappa shape index (κ3) is 3.89. The number of amidine groups is 1. The van der Waals surface area contributed by atoms with Crippen LogP contribution in [0.4, 0.5) is 11.4 Å². The van der Waals surface area contributed by atoms with Crippen LogP contribution in [0.2, 0.25) is 0 Å². The summed E-state index contributed by atoms with van der Waals surface area (Å²) in [4.78, 5) is 8.59. The van der Waals surface area contributed by atoms with Crippen molar-refractivity contribution < 1.29 is 0 Å². The molecule has 5 heteroatoms. The summed E-state index contributed by atoms with van der Waals surface area (Å²) >= 11 is 0. The van der Waals surface area contributed by atoms with Crippen LogP contribution in [0.1, 0.15) is 39.0 Å². The van der Waals surface area contributed by atoms with E-state index in [0.717, 1.165) is 23.6 Å². The predicted molar refractivity (Wildman–Crippen MR) is 74.1 cm³/mol. The van der Waals surface area contributed by atoms with E-state index in [1.165, 1.54) is 25.7 Å². The van der Waals surface area contributed by atoms with Gasteiger partial charge in [-0.1, -0.05) is 26.2 Å². The van der Waals surface area contributed by atoms with Crippen LogP contribution in [-0.4, -0.2) is 10.8 Å². The number of anilines is 1. The molecule has 0 atom stereocenters. The van der Waals surface area contributed by atoms with Gasteiger partial charge in [0.1, 0.15) is 11.5 Å². The number of pyridine rings is 1. The monoisotopic (exact) mass is 254 g/mol. The summed E-state index contributed by atoms with van der Waals surface area (Å²) in [5, 5.41) is 0. The van der Waals surface area contributed by atoms with E-state index in [1.54, 1.807) is 12.4 Å². The Labute approximate surface area is 108 Å². The number of hydrogen-bond acceptors (Lipinski definition) is 4. The lowest BCUT2D eigenvalue weighted by molar-refractivity contribution is 0.678. The van der Waals surface area contributed by atoms with Crippen molar-refractivity contribution in [1.29, 1.82) is 0 Å². The SMILES string of the molecule is CCCCCCC1=Nc2cnccc2NN1.Cl. The van der Waals surface area contributed by atoms with Gasteiger partial charge in [0, 0.05) is 12.6 Å². The molecule has 0 unspecified atom stereocenters. The molecular weight excluding hydrogens is 236 g/mol. The Morgan fingerprint density at radius 3 is 2.88 bits per heavy atom. The van der Waals surface area contributed by atoms with Crippen LogP contribution in [0.15, 0.2) is 23.5 Å². The summed E-state index contributed by atoms with van der Waals surface area (Å²) in [7, 11) is 0. The molecule has 0 bridgehead atoms. The van der Waals surface area contributed by atoms with Gasteiger partial charge in [0.25, 0.3) is 0 Å². The van der Waals surface area contributed by atoms with E-state index in [4.69, 9.17) is 0 Å². The van der Waals surface area contributed by atoms with Gasteiger partial charge in [0.15, 0.2) is 0 Å². The first-order valence-electron chi connectivity index (χ1n) is 5.93. The van der Waals surface area contributed by atoms with Crippen LogP contribution in [-0.2, 0) is 0 Å². The summed E-state index contributed by atoms with van der Waals surface area (Å²) < 4.78 is 0. The number of hydrazine groups is 1. The second kappa shape index (κ2) is 7.12. The number of nitrogens with zero attached hydrogens (tertiary/aromatic N) is 2. The fraction of sp³-hybridized carbons (Fsp3) is 0.500. The van der Waals surface area contributed by atoms with E-state index in [1.807, 2.05) is 6.07 Å². The molecule has 0 amide bonds. The molecule has 2 N–H and O–H groups in total. The Kier molecular flexibility index (Phi) is 5.77. The molecule has 0 saturated carbocycles. The van der Waals surface area contributed by atoms with E-state index in [9.17, 15) is 0 Å². The van der Waals surface area contributed by atoms with Crippen LogP contribution in [0.25, 0.3) is 0 Å². The summed E-state index contributed by atoms with van der Waals surface area (Å²) in [6.07, 6.45) is 9.59. The largest absolute Gasteiger partial charge is 0.298 e. The van der Waals surface area contributed by atoms with E-state index in [-0.39, 0.29) is 12.4 Å². The molecule has 2 heterocycles. The number of fused-ring (bicyclic) bond motifs is 1. The molecule has 1 aromatic heterocycles. The van der Waals surface area contributed by atoms with Crippen molar-refractivity contribution in [2.45, 2.75) is 39.0 Å². The van der Waals surface area contributed by atoms with Crippen LogP contribution >= 0.6 is 12.4 Å². The number of hydrogen-bond donors (Lipinski definition) is 2. The Bertz CT molecular complexity index is 379. The highest BCUT2D eigenvalue weighted by Gasteiger charge is 2.09. The third-order valence-electron chi connectivity index (χ3n) is 2.66. The van der Waals surface area contributed by atoms with Gasteiger partial charge < -0.3 is 0 Å². The van der Waals surface area contributed by atoms with Crippen LogP contribution in [0.3, 0.4) is 0 Å². The number of halogens is 1. The average molecular weight is 255 g/mol. The molecule has 1 aliphatic rings. The smallest absolute Gasteiger partial charge is 0.121 e. The first-order chi connectivity index (χ1) is 7.90. The highest BCUT2D eigenvalue weighted by Crippen LogP contribution is 2.25.